The highest BCUT2D eigenvalue weighted by molar-refractivity contribution is 6.03. The third-order valence-electron chi connectivity index (χ3n) is 8.68. The number of nitrogens with one attached hydrogen (secondary N) is 1. The lowest BCUT2D eigenvalue weighted by Gasteiger charge is -2.35. The average molecular weight is 663 g/mol. The van der Waals surface area contributed by atoms with Crippen molar-refractivity contribution in [1.82, 2.24) is 14.9 Å². The number of amides is 2. The minimum absolute atomic E-state index is 0.0232. The highest BCUT2D eigenvalue weighted by Gasteiger charge is 2.42. The fourth-order valence-electron chi connectivity index (χ4n) is 6.10. The van der Waals surface area contributed by atoms with Crippen LogP contribution in [0, 0.1) is 0 Å². The molecule has 0 aliphatic carbocycles. The molecule has 48 heavy (non-hydrogen) atoms. The molecule has 2 fully saturated rings. The molecule has 0 saturated carbocycles. The van der Waals surface area contributed by atoms with E-state index in [2.05, 4.69) is 15.3 Å². The molecule has 2 aromatic carbocycles. The van der Waals surface area contributed by atoms with Gasteiger partial charge in [0.25, 0.3) is 11.9 Å². The number of piperazine rings is 1. The Morgan fingerprint density at radius 1 is 0.875 bits per heavy atom. The van der Waals surface area contributed by atoms with E-state index in [-0.39, 0.29) is 35.5 Å². The van der Waals surface area contributed by atoms with Gasteiger partial charge in [-0.3, -0.25) is 9.59 Å². The number of anilines is 3. The van der Waals surface area contributed by atoms with E-state index in [1.165, 1.54) is 23.9 Å². The molecule has 2 aliphatic rings. The van der Waals surface area contributed by atoms with Crippen molar-refractivity contribution in [2.45, 2.75) is 31.4 Å². The molecule has 2 amide bonds. The molecule has 4 heterocycles. The number of piperidine rings is 1. The molecule has 2 saturated heterocycles. The van der Waals surface area contributed by atoms with Gasteiger partial charge in [-0.05, 0) is 48.1 Å². The van der Waals surface area contributed by atoms with Crippen molar-refractivity contribution in [2.24, 2.45) is 0 Å². The van der Waals surface area contributed by atoms with Gasteiger partial charge in [-0.15, -0.1) is 0 Å². The monoisotopic (exact) mass is 662 g/mol. The molecule has 0 atom stereocenters. The van der Waals surface area contributed by atoms with Gasteiger partial charge in [0.05, 0.1) is 23.9 Å². The number of nitrogens with zero attached hydrogens (tertiary/aromatic N) is 5. The number of hydrogen-bond donors (Lipinski definition) is 2. The lowest BCUT2D eigenvalue weighted by molar-refractivity contribution is -0.141. The molecule has 2 aromatic heterocycles. The Kier molecular flexibility index (Phi) is 9.33. The van der Waals surface area contributed by atoms with Crippen molar-refractivity contribution in [3.63, 3.8) is 0 Å². The van der Waals surface area contributed by atoms with Crippen LogP contribution in [0.1, 0.15) is 56.5 Å². The molecule has 0 spiro atoms. The van der Waals surface area contributed by atoms with E-state index in [1.807, 2.05) is 35.2 Å². The molecule has 250 valence electrons. The number of carbonyl (C=O) groups is 3. The van der Waals surface area contributed by atoms with Gasteiger partial charge in [-0.1, -0.05) is 48.5 Å². The predicted octanol–water partition coefficient (Wildman–Crippen LogP) is 5.31. The Morgan fingerprint density at radius 2 is 1.56 bits per heavy atom. The lowest BCUT2D eigenvalue weighted by atomic mass is 9.90. The van der Waals surface area contributed by atoms with Crippen LogP contribution in [-0.2, 0) is 17.4 Å². The van der Waals surface area contributed by atoms with Gasteiger partial charge in [0.2, 0.25) is 11.7 Å². The zero-order valence-corrected chi connectivity index (χ0v) is 25.8. The first kappa shape index (κ1) is 32.5. The number of carboxylic acid groups (broad SMARTS) is 1. The molecule has 2 N–H and O–H groups in total. The summed E-state index contributed by atoms with van der Waals surface area (Å²) in [4.78, 5) is 50.7. The van der Waals surface area contributed by atoms with Crippen LogP contribution in [0.3, 0.4) is 0 Å². The Morgan fingerprint density at radius 3 is 2.21 bits per heavy atom. The average Bonchev–Trinajstić information content (AvgIpc) is 3.56. The number of oxazole rings is 1. The van der Waals surface area contributed by atoms with E-state index in [0.29, 0.717) is 63.5 Å². The SMILES string of the molecule is O=C(O)c1ccccc1CC(=O)N1CCN(c2ccc(NC(=O)c3oc(N4CCC(c5ccccc5)CC4)nc3C(F)(F)F)cn2)CC1. The second-order valence-electron chi connectivity index (χ2n) is 11.7. The Balaban J connectivity index is 1.05. The molecule has 0 bridgehead atoms. The maximum Gasteiger partial charge on any atom is 0.437 e. The molecular weight excluding hydrogens is 629 g/mol. The molecule has 14 heteroatoms. The topological polar surface area (TPSA) is 132 Å². The van der Waals surface area contributed by atoms with E-state index < -0.39 is 29.5 Å². The van der Waals surface area contributed by atoms with E-state index in [1.54, 1.807) is 34.1 Å². The summed E-state index contributed by atoms with van der Waals surface area (Å²) in [6.07, 6.45) is -2.17. The van der Waals surface area contributed by atoms with Gasteiger partial charge in [0.1, 0.15) is 5.82 Å². The first-order chi connectivity index (χ1) is 23.1. The first-order valence-electron chi connectivity index (χ1n) is 15.6. The molecule has 11 nitrogen and oxygen atoms in total. The largest absolute Gasteiger partial charge is 0.478 e. The number of halogens is 3. The summed E-state index contributed by atoms with van der Waals surface area (Å²) in [5.41, 5.74) is 0.504. The summed E-state index contributed by atoms with van der Waals surface area (Å²) < 4.78 is 47.2. The number of rotatable bonds is 8. The number of aromatic carboxylic acids is 1. The van der Waals surface area contributed by atoms with Crippen LogP contribution >= 0.6 is 0 Å². The van der Waals surface area contributed by atoms with E-state index >= 15 is 0 Å². The van der Waals surface area contributed by atoms with E-state index in [0.717, 1.165) is 0 Å². The first-order valence-corrected chi connectivity index (χ1v) is 15.6. The van der Waals surface area contributed by atoms with Gasteiger partial charge in [-0.25, -0.2) is 9.78 Å². The lowest BCUT2D eigenvalue weighted by Crippen LogP contribution is -2.49. The van der Waals surface area contributed by atoms with E-state index in [9.17, 15) is 32.7 Å². The van der Waals surface area contributed by atoms with Crippen LogP contribution in [0.2, 0.25) is 0 Å². The number of carboxylic acids is 1. The number of alkyl halides is 3. The predicted molar refractivity (Wildman–Crippen MR) is 170 cm³/mol. The Bertz CT molecular complexity index is 1760. The number of carbonyl (C=O) groups excluding carboxylic acids is 2. The highest BCUT2D eigenvalue weighted by Crippen LogP contribution is 2.36. The van der Waals surface area contributed by atoms with Crippen LogP contribution in [0.5, 0.6) is 0 Å². The highest BCUT2D eigenvalue weighted by atomic mass is 19.4. The summed E-state index contributed by atoms with van der Waals surface area (Å²) in [6, 6.07) is 19.2. The minimum atomic E-state index is -4.90. The van der Waals surface area contributed by atoms with Crippen LogP contribution in [-0.4, -0.2) is 77.0 Å². The molecular formula is C34H33F3N6O5. The number of pyridine rings is 1. The zero-order valence-electron chi connectivity index (χ0n) is 25.8. The zero-order chi connectivity index (χ0) is 33.8. The summed E-state index contributed by atoms with van der Waals surface area (Å²) in [5, 5.41) is 11.8. The minimum Gasteiger partial charge on any atom is -0.478 e. The van der Waals surface area contributed by atoms with Crippen molar-refractivity contribution < 1.29 is 37.1 Å². The van der Waals surface area contributed by atoms with Crippen molar-refractivity contribution in [2.75, 3.05) is 54.4 Å². The van der Waals surface area contributed by atoms with Gasteiger partial charge in [0, 0.05) is 39.3 Å². The fourth-order valence-corrected chi connectivity index (χ4v) is 6.10. The van der Waals surface area contributed by atoms with Crippen LogP contribution in [0.25, 0.3) is 0 Å². The normalized spacial score (nSPS) is 15.8. The van der Waals surface area contributed by atoms with Crippen molar-refractivity contribution in [3.05, 3.63) is 101 Å². The quantitative estimate of drug-likeness (QED) is 0.258. The smallest absolute Gasteiger partial charge is 0.437 e. The van der Waals surface area contributed by atoms with E-state index in [4.69, 9.17) is 4.42 Å². The second kappa shape index (κ2) is 13.8. The molecule has 0 radical (unpaired) electrons. The third kappa shape index (κ3) is 7.27. The standard InChI is InChI=1S/C34H33F3N6O5/c35-34(36,37)30-29(48-33(40-30)43-14-12-23(13-15-43)22-6-2-1-3-7-22)31(45)39-25-10-11-27(38-21-25)41-16-18-42(19-17-41)28(44)20-24-8-4-5-9-26(24)32(46)47/h1-11,21,23H,12-20H2,(H,39,45)(H,46,47). The second-order valence-corrected chi connectivity index (χ2v) is 11.7. The maximum absolute atomic E-state index is 13.9. The fraction of sp³-hybridized carbons (Fsp3) is 0.324. The van der Waals surface area contributed by atoms with Crippen molar-refractivity contribution in [1.29, 1.82) is 0 Å². The Hall–Kier alpha value is -5.40. The molecule has 0 unspecified atom stereocenters. The van der Waals surface area contributed by atoms with Crippen LogP contribution in [0.15, 0.2) is 77.3 Å². The van der Waals surface area contributed by atoms with Gasteiger partial charge in [-0.2, -0.15) is 18.2 Å². The molecule has 2 aliphatic heterocycles. The number of hydrogen-bond acceptors (Lipinski definition) is 8. The van der Waals surface area contributed by atoms with Gasteiger partial charge >= 0.3 is 12.1 Å². The molecule has 6 rings (SSSR count). The van der Waals surface area contributed by atoms with Crippen molar-refractivity contribution >= 4 is 35.3 Å². The third-order valence-corrected chi connectivity index (χ3v) is 8.68. The number of aromatic nitrogens is 2. The summed E-state index contributed by atoms with van der Waals surface area (Å²) in [5.74, 6) is -2.44. The molecule has 4 aromatic rings. The maximum atomic E-state index is 13.9. The van der Waals surface area contributed by atoms with Crippen LogP contribution < -0.4 is 15.1 Å². The summed E-state index contributed by atoms with van der Waals surface area (Å²) in [6.45, 7) is 2.58. The summed E-state index contributed by atoms with van der Waals surface area (Å²) >= 11 is 0. The van der Waals surface area contributed by atoms with Crippen LogP contribution in [0.4, 0.5) is 30.7 Å². The number of benzene rings is 2. The van der Waals surface area contributed by atoms with Crippen molar-refractivity contribution in [3.8, 4) is 0 Å². The Labute approximate surface area is 274 Å². The summed E-state index contributed by atoms with van der Waals surface area (Å²) in [7, 11) is 0. The van der Waals surface area contributed by atoms with Gasteiger partial charge in [0.15, 0.2) is 5.69 Å². The van der Waals surface area contributed by atoms with Gasteiger partial charge < -0.3 is 29.5 Å².